The lowest BCUT2D eigenvalue weighted by Crippen LogP contribution is -1.95. The first-order chi connectivity index (χ1) is 22.5. The second-order valence-electron chi connectivity index (χ2n) is 6.87. The predicted octanol–water partition coefficient (Wildman–Crippen LogP) is 6.88. The van der Waals surface area contributed by atoms with Crippen molar-refractivity contribution < 1.29 is 21.9 Å². The summed E-state index contributed by atoms with van der Waals surface area (Å²) in [6, 6.07) is -7.18. The number of hydrogen-bond acceptors (Lipinski definition) is 2. The molecule has 0 unspecified atom stereocenters. The van der Waals surface area contributed by atoms with Crippen LogP contribution in [0.25, 0.3) is 60.7 Å². The average Bonchev–Trinajstić information content (AvgIpc) is 3.58. The standard InChI is InChI=1S/C28H18N4/c1-2-6-18(7-3-1)19-10-12-21-23-9-5-15-30-28(23)32(26(21)16-19)20-11-13-25-24(17-20)22-8-4-14-29-27(22)31-25/h1-17H,(H,29,31)/i1D,2D,3D,4D,5D,6D,7D,8D,9D,10D,11D,12D,13D,14D,15D,17D. The SMILES string of the molecule is [2H]c1nc2[nH]c3c([2H])c([2H])c(-n4c5cc(-c6c([2H])c([2H])c([2H])c([2H])c6[2H])c([2H])c([2H])c5c5c([2H])c([2H])c([2H])nc54)c([2H])c3c2c([2H])c1[2H]. The highest BCUT2D eigenvalue weighted by Crippen LogP contribution is 2.35. The van der Waals surface area contributed by atoms with Crippen LogP contribution < -0.4 is 0 Å². The zero-order valence-electron chi connectivity index (χ0n) is 31.9. The fourth-order valence-electron chi connectivity index (χ4n) is 3.75. The van der Waals surface area contributed by atoms with Gasteiger partial charge in [-0.2, -0.15) is 0 Å². The predicted molar refractivity (Wildman–Crippen MR) is 131 cm³/mol. The van der Waals surface area contributed by atoms with Crippen LogP contribution >= 0.6 is 0 Å². The van der Waals surface area contributed by atoms with Crippen LogP contribution in [0.15, 0.2) is 103 Å². The van der Waals surface area contributed by atoms with Crippen molar-refractivity contribution in [2.75, 3.05) is 0 Å². The van der Waals surface area contributed by atoms with Crippen molar-refractivity contribution >= 4 is 43.9 Å². The maximum absolute atomic E-state index is 9.30. The van der Waals surface area contributed by atoms with Crippen LogP contribution in [0, 0.1) is 0 Å². The Hall–Kier alpha value is -4.44. The van der Waals surface area contributed by atoms with E-state index in [1.165, 1.54) is 6.07 Å². The fraction of sp³-hybridized carbons (Fsp3) is 0. The van der Waals surface area contributed by atoms with E-state index in [1.54, 1.807) is 0 Å². The number of nitrogens with one attached hydrogen (secondary N) is 1. The first-order valence-corrected chi connectivity index (χ1v) is 9.39. The van der Waals surface area contributed by atoms with Gasteiger partial charge in [0.05, 0.1) is 27.4 Å². The summed E-state index contributed by atoms with van der Waals surface area (Å²) in [4.78, 5) is 10.9. The summed E-state index contributed by atoms with van der Waals surface area (Å²) >= 11 is 0. The van der Waals surface area contributed by atoms with E-state index >= 15 is 0 Å². The normalized spacial score (nSPS) is 18.8. The minimum atomic E-state index is -0.694. The summed E-state index contributed by atoms with van der Waals surface area (Å²) in [6.07, 6.45) is -1.20. The molecule has 0 radical (unpaired) electrons. The summed E-state index contributed by atoms with van der Waals surface area (Å²) in [6.45, 7) is 0. The Kier molecular flexibility index (Phi) is 1.61. The van der Waals surface area contributed by atoms with Crippen LogP contribution in [0.3, 0.4) is 0 Å². The molecule has 0 aliphatic carbocycles. The van der Waals surface area contributed by atoms with Crippen LogP contribution in [0.5, 0.6) is 0 Å². The van der Waals surface area contributed by atoms with E-state index in [1.807, 2.05) is 0 Å². The molecule has 7 rings (SSSR count). The van der Waals surface area contributed by atoms with Gasteiger partial charge in [-0.15, -0.1) is 0 Å². The minimum Gasteiger partial charge on any atom is -0.339 e. The molecular formula is C28H18N4. The van der Waals surface area contributed by atoms with Gasteiger partial charge in [0.25, 0.3) is 0 Å². The van der Waals surface area contributed by atoms with Crippen molar-refractivity contribution in [1.82, 2.24) is 19.5 Å². The van der Waals surface area contributed by atoms with Crippen molar-refractivity contribution in [3.8, 4) is 16.8 Å². The van der Waals surface area contributed by atoms with E-state index in [0.29, 0.717) is 0 Å². The van der Waals surface area contributed by atoms with Gasteiger partial charge in [0.2, 0.25) is 0 Å². The van der Waals surface area contributed by atoms with Crippen molar-refractivity contribution in [3.05, 3.63) is 103 Å². The molecule has 4 aromatic heterocycles. The highest BCUT2D eigenvalue weighted by atomic mass is 15.0. The number of rotatable bonds is 2. The van der Waals surface area contributed by atoms with E-state index in [2.05, 4.69) is 15.0 Å². The highest BCUT2D eigenvalue weighted by Gasteiger charge is 2.15. The number of aromatic nitrogens is 4. The summed E-state index contributed by atoms with van der Waals surface area (Å²) < 4.78 is 137. The summed E-state index contributed by atoms with van der Waals surface area (Å²) in [5, 5.41) is -0.553. The molecule has 4 nitrogen and oxygen atoms in total. The van der Waals surface area contributed by atoms with Crippen LogP contribution in [-0.4, -0.2) is 19.5 Å². The zero-order chi connectivity index (χ0) is 35.0. The van der Waals surface area contributed by atoms with Crippen molar-refractivity contribution in [2.24, 2.45) is 0 Å². The molecule has 3 aromatic carbocycles. The largest absolute Gasteiger partial charge is 0.339 e. The lowest BCUT2D eigenvalue weighted by Gasteiger charge is -2.09. The smallest absolute Gasteiger partial charge is 0.145 e. The Labute approximate surface area is 206 Å². The molecule has 0 spiro atoms. The summed E-state index contributed by atoms with van der Waals surface area (Å²) in [5.41, 5.74) is -1.69. The molecule has 0 atom stereocenters. The molecule has 0 aliphatic rings. The average molecular weight is 427 g/mol. The maximum atomic E-state index is 9.30. The van der Waals surface area contributed by atoms with Crippen LogP contribution in [0.1, 0.15) is 21.9 Å². The van der Waals surface area contributed by atoms with Crippen LogP contribution in [-0.2, 0) is 0 Å². The quantitative estimate of drug-likeness (QED) is 0.328. The first-order valence-electron chi connectivity index (χ1n) is 17.4. The number of nitrogens with zero attached hydrogens (tertiary/aromatic N) is 3. The van der Waals surface area contributed by atoms with Gasteiger partial charge in [0, 0.05) is 45.1 Å². The summed E-state index contributed by atoms with van der Waals surface area (Å²) in [5.74, 6) is 0. The second kappa shape index (κ2) is 6.53. The van der Waals surface area contributed by atoms with Crippen molar-refractivity contribution in [3.63, 3.8) is 0 Å². The third-order valence-corrected chi connectivity index (χ3v) is 5.12. The van der Waals surface area contributed by atoms with Crippen molar-refractivity contribution in [1.29, 1.82) is 0 Å². The molecule has 7 aromatic rings. The van der Waals surface area contributed by atoms with E-state index in [0.717, 1.165) is 4.57 Å². The van der Waals surface area contributed by atoms with E-state index in [-0.39, 0.29) is 55.1 Å². The Morgan fingerprint density at radius 2 is 1.53 bits per heavy atom. The lowest BCUT2D eigenvalue weighted by molar-refractivity contribution is 1.14. The zero-order valence-corrected chi connectivity index (χ0v) is 15.9. The Bertz CT molecular complexity index is 2610. The number of aromatic amines is 1. The molecule has 150 valence electrons. The van der Waals surface area contributed by atoms with E-state index in [9.17, 15) is 1.37 Å². The van der Waals surface area contributed by atoms with Gasteiger partial charge in [-0.1, -0.05) is 42.3 Å². The molecule has 0 bridgehead atoms. The van der Waals surface area contributed by atoms with Gasteiger partial charge < -0.3 is 4.98 Å². The molecule has 0 amide bonds. The number of H-pyrrole nitrogens is 1. The maximum Gasteiger partial charge on any atom is 0.145 e. The minimum absolute atomic E-state index is 0.0774. The van der Waals surface area contributed by atoms with Crippen LogP contribution in [0.4, 0.5) is 0 Å². The number of fused-ring (bicyclic) bond motifs is 6. The topological polar surface area (TPSA) is 46.5 Å². The lowest BCUT2D eigenvalue weighted by atomic mass is 10.0. The van der Waals surface area contributed by atoms with Crippen LogP contribution in [0.2, 0.25) is 0 Å². The van der Waals surface area contributed by atoms with E-state index < -0.39 is 103 Å². The van der Waals surface area contributed by atoms with E-state index in [4.69, 9.17) is 20.6 Å². The van der Waals surface area contributed by atoms with Gasteiger partial charge in [-0.3, -0.25) is 4.57 Å². The molecule has 4 heteroatoms. The van der Waals surface area contributed by atoms with Gasteiger partial charge in [0.1, 0.15) is 11.3 Å². The molecular weight excluding hydrogens is 392 g/mol. The summed E-state index contributed by atoms with van der Waals surface area (Å²) in [7, 11) is 0. The third-order valence-electron chi connectivity index (χ3n) is 5.12. The van der Waals surface area contributed by atoms with Gasteiger partial charge in [-0.05, 0) is 59.5 Å². The molecule has 32 heavy (non-hydrogen) atoms. The molecule has 0 fully saturated rings. The monoisotopic (exact) mass is 426 g/mol. The highest BCUT2D eigenvalue weighted by molar-refractivity contribution is 6.10. The third kappa shape index (κ3) is 2.44. The van der Waals surface area contributed by atoms with Gasteiger partial charge >= 0.3 is 0 Å². The van der Waals surface area contributed by atoms with Gasteiger partial charge in [-0.25, -0.2) is 9.97 Å². The molecule has 0 saturated carbocycles. The fourth-order valence-corrected chi connectivity index (χ4v) is 3.75. The first kappa shape index (κ1) is 7.92. The number of hydrogen-bond donors (Lipinski definition) is 1. The number of benzene rings is 3. The molecule has 0 aliphatic heterocycles. The van der Waals surface area contributed by atoms with Crippen molar-refractivity contribution in [2.45, 2.75) is 0 Å². The second-order valence-corrected chi connectivity index (χ2v) is 6.87. The Morgan fingerprint density at radius 1 is 0.688 bits per heavy atom. The Balaban J connectivity index is 1.75. The number of pyridine rings is 2. The molecule has 1 N–H and O–H groups in total. The Morgan fingerprint density at radius 3 is 2.44 bits per heavy atom. The van der Waals surface area contributed by atoms with Gasteiger partial charge in [0.15, 0.2) is 0 Å². The molecule has 0 saturated heterocycles. The molecule has 4 heterocycles.